The summed E-state index contributed by atoms with van der Waals surface area (Å²) in [7, 11) is 0. The molecule has 2 unspecified atom stereocenters. The average molecular weight is 520 g/mol. The molecule has 5 nitrogen and oxygen atoms in total. The minimum Gasteiger partial charge on any atom is -0.376 e. The number of benzene rings is 3. The molecular formula is C31H35F2N3O2. The summed E-state index contributed by atoms with van der Waals surface area (Å²) in [6, 6.07) is 21.8. The van der Waals surface area contributed by atoms with Crippen molar-refractivity contribution in [2.45, 2.75) is 44.1 Å². The quantitative estimate of drug-likeness (QED) is 0.263. The molecule has 0 radical (unpaired) electrons. The van der Waals surface area contributed by atoms with E-state index in [2.05, 4.69) is 16.0 Å². The van der Waals surface area contributed by atoms with Crippen LogP contribution in [0.5, 0.6) is 0 Å². The molecule has 1 aliphatic heterocycles. The van der Waals surface area contributed by atoms with Gasteiger partial charge < -0.3 is 16.0 Å². The summed E-state index contributed by atoms with van der Waals surface area (Å²) in [5.41, 5.74) is 2.76. The molecule has 7 heteroatoms. The molecule has 1 saturated heterocycles. The molecule has 3 aromatic rings. The SMILES string of the molecule is O=C(CNc1ccccc1)NC(C(=O)CCCCC(c1ccc(F)cc1)c1ccc(F)cc1)C1CCNC1. The van der Waals surface area contributed by atoms with Crippen LogP contribution in [0.1, 0.15) is 49.1 Å². The smallest absolute Gasteiger partial charge is 0.239 e. The lowest BCUT2D eigenvalue weighted by Gasteiger charge is -2.24. The minimum absolute atomic E-state index is 0.0232. The maximum atomic E-state index is 13.5. The van der Waals surface area contributed by atoms with Crippen LogP contribution in [-0.2, 0) is 9.59 Å². The summed E-state index contributed by atoms with van der Waals surface area (Å²) in [5, 5.41) is 9.37. The van der Waals surface area contributed by atoms with E-state index in [-0.39, 0.29) is 41.7 Å². The molecule has 1 amide bonds. The van der Waals surface area contributed by atoms with Crippen LogP contribution in [-0.4, -0.2) is 37.4 Å². The van der Waals surface area contributed by atoms with Crippen molar-refractivity contribution in [3.63, 3.8) is 0 Å². The van der Waals surface area contributed by atoms with Gasteiger partial charge >= 0.3 is 0 Å². The molecule has 3 N–H and O–H groups in total. The van der Waals surface area contributed by atoms with E-state index < -0.39 is 6.04 Å². The van der Waals surface area contributed by atoms with Gasteiger partial charge in [-0.05, 0) is 79.3 Å². The molecule has 2 atom stereocenters. The standard InChI is InChI=1S/C31H35F2N3O2/c32-25-14-10-22(11-15-25)28(23-12-16-26(33)17-13-23)8-4-5-9-29(37)31(24-18-19-34-20-24)36-30(38)21-35-27-6-2-1-3-7-27/h1-3,6-7,10-17,24,28,31,34-35H,4-5,8-9,18-21H2,(H,36,38). The average Bonchev–Trinajstić information content (AvgIpc) is 3.47. The fourth-order valence-corrected chi connectivity index (χ4v) is 5.10. The van der Waals surface area contributed by atoms with Gasteiger partial charge in [-0.2, -0.15) is 0 Å². The van der Waals surface area contributed by atoms with E-state index in [0.717, 1.165) is 42.6 Å². The monoisotopic (exact) mass is 519 g/mol. The lowest BCUT2D eigenvalue weighted by atomic mass is 9.86. The van der Waals surface area contributed by atoms with Gasteiger partial charge in [0.05, 0.1) is 12.6 Å². The highest BCUT2D eigenvalue weighted by molar-refractivity contribution is 5.90. The van der Waals surface area contributed by atoms with Crippen molar-refractivity contribution >= 4 is 17.4 Å². The molecule has 4 rings (SSSR count). The van der Waals surface area contributed by atoms with Crippen LogP contribution in [0.4, 0.5) is 14.5 Å². The molecule has 200 valence electrons. The Morgan fingerprint density at radius 1 is 0.868 bits per heavy atom. The predicted molar refractivity (Wildman–Crippen MR) is 146 cm³/mol. The number of ketones is 1. The van der Waals surface area contributed by atoms with Crippen LogP contribution >= 0.6 is 0 Å². The Labute approximate surface area is 223 Å². The number of halogens is 2. The summed E-state index contributed by atoms with van der Waals surface area (Å²) in [5.74, 6) is -0.700. The third-order valence-electron chi connectivity index (χ3n) is 7.17. The Bertz CT molecular complexity index is 1120. The lowest BCUT2D eigenvalue weighted by Crippen LogP contribution is -2.48. The zero-order valence-electron chi connectivity index (χ0n) is 21.5. The molecule has 0 bridgehead atoms. The number of para-hydroxylation sites is 1. The third kappa shape index (κ3) is 7.96. The molecular weight excluding hydrogens is 484 g/mol. The first kappa shape index (κ1) is 27.5. The van der Waals surface area contributed by atoms with Crippen molar-refractivity contribution in [1.82, 2.24) is 10.6 Å². The largest absolute Gasteiger partial charge is 0.376 e. The third-order valence-corrected chi connectivity index (χ3v) is 7.17. The van der Waals surface area contributed by atoms with Crippen molar-refractivity contribution in [3.8, 4) is 0 Å². The molecule has 3 aromatic carbocycles. The van der Waals surface area contributed by atoms with Crippen LogP contribution in [0.15, 0.2) is 78.9 Å². The Kier molecular flexibility index (Phi) is 9.98. The number of carbonyl (C=O) groups is 2. The highest BCUT2D eigenvalue weighted by atomic mass is 19.1. The van der Waals surface area contributed by atoms with Crippen molar-refractivity contribution in [2.75, 3.05) is 25.0 Å². The highest BCUT2D eigenvalue weighted by Gasteiger charge is 2.31. The number of hydrogen-bond acceptors (Lipinski definition) is 4. The Balaban J connectivity index is 1.33. The van der Waals surface area contributed by atoms with Crippen molar-refractivity contribution < 1.29 is 18.4 Å². The molecule has 0 aromatic heterocycles. The summed E-state index contributed by atoms with van der Waals surface area (Å²) >= 11 is 0. The number of carbonyl (C=O) groups excluding carboxylic acids is 2. The van der Waals surface area contributed by atoms with Gasteiger partial charge in [-0.3, -0.25) is 9.59 Å². The zero-order chi connectivity index (χ0) is 26.7. The first-order valence-electron chi connectivity index (χ1n) is 13.3. The number of hydrogen-bond donors (Lipinski definition) is 3. The first-order valence-corrected chi connectivity index (χ1v) is 13.3. The van der Waals surface area contributed by atoms with Crippen molar-refractivity contribution in [3.05, 3.63) is 102 Å². The Morgan fingerprint density at radius 3 is 2.08 bits per heavy atom. The summed E-state index contributed by atoms with van der Waals surface area (Å²) in [6.45, 7) is 1.65. The van der Waals surface area contributed by atoms with Crippen LogP contribution in [0.3, 0.4) is 0 Å². The second kappa shape index (κ2) is 13.8. The fourth-order valence-electron chi connectivity index (χ4n) is 5.10. The van der Waals surface area contributed by atoms with E-state index in [1.54, 1.807) is 24.3 Å². The van der Waals surface area contributed by atoms with E-state index >= 15 is 0 Å². The number of amides is 1. The summed E-state index contributed by atoms with van der Waals surface area (Å²) in [6.07, 6.45) is 3.40. The molecule has 0 spiro atoms. The van der Waals surface area contributed by atoms with Gasteiger partial charge in [0.15, 0.2) is 5.78 Å². The van der Waals surface area contributed by atoms with E-state index in [1.165, 1.54) is 24.3 Å². The minimum atomic E-state index is -0.514. The summed E-state index contributed by atoms with van der Waals surface area (Å²) in [4.78, 5) is 25.9. The van der Waals surface area contributed by atoms with Gasteiger partial charge in [0.25, 0.3) is 0 Å². The lowest BCUT2D eigenvalue weighted by molar-refractivity contribution is -0.128. The highest BCUT2D eigenvalue weighted by Crippen LogP contribution is 2.30. The van der Waals surface area contributed by atoms with Gasteiger partial charge in [0, 0.05) is 24.6 Å². The van der Waals surface area contributed by atoms with Crippen molar-refractivity contribution in [2.24, 2.45) is 5.92 Å². The van der Waals surface area contributed by atoms with E-state index in [9.17, 15) is 18.4 Å². The number of Topliss-reactive ketones (excluding diaryl/α,β-unsaturated/α-hetero) is 1. The van der Waals surface area contributed by atoms with Crippen LogP contribution < -0.4 is 16.0 Å². The van der Waals surface area contributed by atoms with Gasteiger partial charge in [-0.25, -0.2) is 8.78 Å². The second-order valence-electron chi connectivity index (χ2n) is 9.89. The predicted octanol–water partition coefficient (Wildman–Crippen LogP) is 5.43. The summed E-state index contributed by atoms with van der Waals surface area (Å²) < 4.78 is 27.0. The maximum absolute atomic E-state index is 13.5. The van der Waals surface area contributed by atoms with E-state index in [4.69, 9.17) is 0 Å². The van der Waals surface area contributed by atoms with Crippen LogP contribution in [0.2, 0.25) is 0 Å². The normalized spacial score (nSPS) is 15.8. The fraction of sp³-hybridized carbons (Fsp3) is 0.355. The van der Waals surface area contributed by atoms with Gasteiger partial charge in [-0.15, -0.1) is 0 Å². The van der Waals surface area contributed by atoms with E-state index in [1.807, 2.05) is 30.3 Å². The molecule has 0 saturated carbocycles. The number of unbranched alkanes of at least 4 members (excludes halogenated alkanes) is 1. The van der Waals surface area contributed by atoms with Crippen LogP contribution in [0, 0.1) is 17.6 Å². The van der Waals surface area contributed by atoms with Gasteiger partial charge in [0.1, 0.15) is 11.6 Å². The van der Waals surface area contributed by atoms with Gasteiger partial charge in [-0.1, -0.05) is 48.9 Å². The Hall–Kier alpha value is -3.58. The molecule has 1 heterocycles. The number of rotatable bonds is 13. The maximum Gasteiger partial charge on any atom is 0.239 e. The van der Waals surface area contributed by atoms with Crippen molar-refractivity contribution in [1.29, 1.82) is 0 Å². The number of anilines is 1. The van der Waals surface area contributed by atoms with E-state index in [0.29, 0.717) is 19.4 Å². The second-order valence-corrected chi connectivity index (χ2v) is 9.89. The van der Waals surface area contributed by atoms with Gasteiger partial charge in [0.2, 0.25) is 5.91 Å². The molecule has 1 aliphatic rings. The first-order chi connectivity index (χ1) is 18.5. The molecule has 1 fully saturated rings. The Morgan fingerprint density at radius 2 is 1.50 bits per heavy atom. The zero-order valence-corrected chi connectivity index (χ0v) is 21.5. The molecule has 38 heavy (non-hydrogen) atoms. The number of nitrogens with one attached hydrogen (secondary N) is 3. The topological polar surface area (TPSA) is 70.2 Å². The molecule has 0 aliphatic carbocycles. The van der Waals surface area contributed by atoms with Crippen LogP contribution in [0.25, 0.3) is 0 Å².